The molecule has 0 heterocycles. The lowest BCUT2D eigenvalue weighted by Crippen LogP contribution is -2.21. The summed E-state index contributed by atoms with van der Waals surface area (Å²) in [7, 11) is -3.76. The van der Waals surface area contributed by atoms with Crippen molar-refractivity contribution in [3.8, 4) is 0 Å². The number of hydrogen-bond donors (Lipinski definition) is 2. The summed E-state index contributed by atoms with van der Waals surface area (Å²) in [5, 5.41) is 8.86. The molecule has 2 aromatic carbocycles. The van der Waals surface area contributed by atoms with E-state index in [2.05, 4.69) is 23.5 Å². The average molecular weight is 348 g/mol. The van der Waals surface area contributed by atoms with Gasteiger partial charge in [0.2, 0.25) is 0 Å². The van der Waals surface area contributed by atoms with Crippen LogP contribution in [0, 0.1) is 0 Å². The maximum Gasteiger partial charge on any atom is 0.335 e. The van der Waals surface area contributed by atoms with E-state index in [1.165, 1.54) is 24.3 Å². The van der Waals surface area contributed by atoms with E-state index in [9.17, 15) is 13.2 Å². The lowest BCUT2D eigenvalue weighted by atomic mass is 10.2. The van der Waals surface area contributed by atoms with Crippen LogP contribution in [0.15, 0.2) is 53.4 Å². The first-order valence-electron chi connectivity index (χ1n) is 7.58. The summed E-state index contributed by atoms with van der Waals surface area (Å²) in [6, 6.07) is 12.2. The third kappa shape index (κ3) is 4.05. The van der Waals surface area contributed by atoms with E-state index in [1.54, 1.807) is 12.1 Å². The molecule has 0 aliphatic heterocycles. The molecule has 128 valence electrons. The third-order valence-corrected chi connectivity index (χ3v) is 5.06. The zero-order valence-corrected chi connectivity index (χ0v) is 14.4. The minimum atomic E-state index is -3.76. The van der Waals surface area contributed by atoms with Crippen molar-refractivity contribution in [3.63, 3.8) is 0 Å². The van der Waals surface area contributed by atoms with Crippen LogP contribution in [0.4, 0.5) is 11.4 Å². The number of carboxylic acid groups (broad SMARTS) is 1. The number of anilines is 2. The highest BCUT2D eigenvalue weighted by molar-refractivity contribution is 7.92. The Morgan fingerprint density at radius 3 is 2.00 bits per heavy atom. The largest absolute Gasteiger partial charge is 0.478 e. The van der Waals surface area contributed by atoms with Gasteiger partial charge in [-0.25, -0.2) is 13.2 Å². The SMILES string of the molecule is CCN(CC)c1ccc(NS(=O)(=O)c2ccc(C(=O)O)cc2)cc1. The molecule has 7 heteroatoms. The predicted octanol–water partition coefficient (Wildman–Crippen LogP) is 3.03. The summed E-state index contributed by atoms with van der Waals surface area (Å²) in [5.74, 6) is -1.10. The molecule has 0 aliphatic rings. The third-order valence-electron chi connectivity index (χ3n) is 3.66. The minimum absolute atomic E-state index is 0.0142. The number of carbonyl (C=O) groups is 1. The number of rotatable bonds is 7. The fourth-order valence-corrected chi connectivity index (χ4v) is 3.38. The summed E-state index contributed by atoms with van der Waals surface area (Å²) < 4.78 is 27.2. The van der Waals surface area contributed by atoms with Crippen molar-refractivity contribution in [1.29, 1.82) is 0 Å². The summed E-state index contributed by atoms with van der Waals surface area (Å²) >= 11 is 0. The van der Waals surface area contributed by atoms with Gasteiger partial charge in [-0.1, -0.05) is 0 Å². The fraction of sp³-hybridized carbons (Fsp3) is 0.235. The standard InChI is InChI=1S/C17H20N2O4S/c1-3-19(4-2)15-9-7-14(8-10-15)18-24(22,23)16-11-5-13(6-12-16)17(20)21/h5-12,18H,3-4H2,1-2H3,(H,20,21). The van der Waals surface area contributed by atoms with E-state index >= 15 is 0 Å². The van der Waals surface area contributed by atoms with Crippen LogP contribution in [0.5, 0.6) is 0 Å². The van der Waals surface area contributed by atoms with Gasteiger partial charge in [0, 0.05) is 24.5 Å². The van der Waals surface area contributed by atoms with Gasteiger partial charge in [-0.3, -0.25) is 4.72 Å². The number of nitrogens with zero attached hydrogens (tertiary/aromatic N) is 1. The van der Waals surface area contributed by atoms with E-state index in [-0.39, 0.29) is 10.5 Å². The summed E-state index contributed by atoms with van der Waals surface area (Å²) in [4.78, 5) is 13.0. The van der Waals surface area contributed by atoms with Crippen molar-refractivity contribution in [2.45, 2.75) is 18.7 Å². The molecule has 0 bridgehead atoms. The molecule has 0 radical (unpaired) electrons. The highest BCUT2D eigenvalue weighted by atomic mass is 32.2. The predicted molar refractivity (Wildman–Crippen MR) is 94.2 cm³/mol. The van der Waals surface area contributed by atoms with Gasteiger partial charge in [0.15, 0.2) is 0 Å². The Hall–Kier alpha value is -2.54. The first kappa shape index (κ1) is 17.8. The Morgan fingerprint density at radius 1 is 1.00 bits per heavy atom. The van der Waals surface area contributed by atoms with Crippen LogP contribution in [0.1, 0.15) is 24.2 Å². The summed E-state index contributed by atoms with van der Waals surface area (Å²) in [6.07, 6.45) is 0. The van der Waals surface area contributed by atoms with E-state index in [1.807, 2.05) is 12.1 Å². The van der Waals surface area contributed by atoms with Crippen molar-refractivity contribution in [2.75, 3.05) is 22.7 Å². The van der Waals surface area contributed by atoms with Gasteiger partial charge in [-0.15, -0.1) is 0 Å². The van der Waals surface area contributed by atoms with Gasteiger partial charge >= 0.3 is 5.97 Å². The average Bonchev–Trinajstić information content (AvgIpc) is 2.57. The normalized spacial score (nSPS) is 11.1. The number of benzene rings is 2. The second-order valence-corrected chi connectivity index (χ2v) is 6.84. The smallest absolute Gasteiger partial charge is 0.335 e. The topological polar surface area (TPSA) is 86.7 Å². The van der Waals surface area contributed by atoms with Crippen LogP contribution in [0.2, 0.25) is 0 Å². The molecule has 0 fully saturated rings. The van der Waals surface area contributed by atoms with E-state index < -0.39 is 16.0 Å². The van der Waals surface area contributed by atoms with Crippen LogP contribution in [0.25, 0.3) is 0 Å². The second-order valence-electron chi connectivity index (χ2n) is 5.15. The van der Waals surface area contributed by atoms with Gasteiger partial charge in [0.25, 0.3) is 10.0 Å². The number of aromatic carboxylic acids is 1. The Morgan fingerprint density at radius 2 is 1.54 bits per heavy atom. The molecule has 0 saturated carbocycles. The van der Waals surface area contributed by atoms with Gasteiger partial charge in [-0.2, -0.15) is 0 Å². The highest BCUT2D eigenvalue weighted by Gasteiger charge is 2.15. The van der Waals surface area contributed by atoms with Gasteiger partial charge in [0.05, 0.1) is 10.5 Å². The molecule has 0 aliphatic carbocycles. The molecule has 0 saturated heterocycles. The first-order chi connectivity index (χ1) is 11.4. The molecule has 6 nitrogen and oxygen atoms in total. The molecule has 2 N–H and O–H groups in total. The molecular weight excluding hydrogens is 328 g/mol. The molecule has 0 spiro atoms. The summed E-state index contributed by atoms with van der Waals surface area (Å²) in [6.45, 7) is 5.86. The zero-order valence-electron chi connectivity index (χ0n) is 13.6. The lowest BCUT2D eigenvalue weighted by Gasteiger charge is -2.21. The molecular formula is C17H20N2O4S. The number of nitrogens with one attached hydrogen (secondary N) is 1. The van der Waals surface area contributed by atoms with Crippen LogP contribution in [-0.2, 0) is 10.0 Å². The Kier molecular flexibility index (Phi) is 5.46. The van der Waals surface area contributed by atoms with Crippen LogP contribution >= 0.6 is 0 Å². The number of carboxylic acids is 1. The molecule has 2 aromatic rings. The van der Waals surface area contributed by atoms with Gasteiger partial charge in [0.1, 0.15) is 0 Å². The summed E-state index contributed by atoms with van der Waals surface area (Å²) in [5.41, 5.74) is 1.51. The molecule has 0 atom stereocenters. The quantitative estimate of drug-likeness (QED) is 0.803. The van der Waals surface area contributed by atoms with Crippen molar-refractivity contribution >= 4 is 27.4 Å². The van der Waals surface area contributed by atoms with Crippen molar-refractivity contribution in [3.05, 3.63) is 54.1 Å². The van der Waals surface area contributed by atoms with Crippen molar-refractivity contribution < 1.29 is 18.3 Å². The Bertz CT molecular complexity index is 795. The molecule has 0 unspecified atom stereocenters. The first-order valence-corrected chi connectivity index (χ1v) is 9.07. The lowest BCUT2D eigenvalue weighted by molar-refractivity contribution is 0.0696. The molecule has 0 amide bonds. The molecule has 2 rings (SSSR count). The van der Waals surface area contributed by atoms with E-state index in [0.717, 1.165) is 18.8 Å². The van der Waals surface area contributed by atoms with Crippen molar-refractivity contribution in [1.82, 2.24) is 0 Å². The van der Waals surface area contributed by atoms with Crippen LogP contribution in [-0.4, -0.2) is 32.6 Å². The van der Waals surface area contributed by atoms with E-state index in [4.69, 9.17) is 5.11 Å². The maximum absolute atomic E-state index is 12.3. The van der Waals surface area contributed by atoms with Gasteiger partial charge < -0.3 is 10.0 Å². The molecule has 24 heavy (non-hydrogen) atoms. The minimum Gasteiger partial charge on any atom is -0.478 e. The Labute approximate surface area is 141 Å². The maximum atomic E-state index is 12.3. The monoisotopic (exact) mass is 348 g/mol. The van der Waals surface area contributed by atoms with Crippen LogP contribution in [0.3, 0.4) is 0 Å². The Balaban J connectivity index is 2.18. The molecule has 0 aromatic heterocycles. The zero-order chi connectivity index (χ0) is 17.7. The van der Waals surface area contributed by atoms with Gasteiger partial charge in [-0.05, 0) is 62.4 Å². The van der Waals surface area contributed by atoms with Crippen LogP contribution < -0.4 is 9.62 Å². The number of hydrogen-bond acceptors (Lipinski definition) is 4. The highest BCUT2D eigenvalue weighted by Crippen LogP contribution is 2.21. The number of sulfonamides is 1. The van der Waals surface area contributed by atoms with Crippen molar-refractivity contribution in [2.24, 2.45) is 0 Å². The van der Waals surface area contributed by atoms with E-state index in [0.29, 0.717) is 5.69 Å². The fourth-order valence-electron chi connectivity index (χ4n) is 2.32. The second kappa shape index (κ2) is 7.35.